The fourth-order valence-electron chi connectivity index (χ4n) is 2.62. The third-order valence-corrected chi connectivity index (χ3v) is 5.81. The summed E-state index contributed by atoms with van der Waals surface area (Å²) in [7, 11) is 0. The van der Waals surface area contributed by atoms with E-state index < -0.39 is 16.6 Å². The molecule has 29 heavy (non-hydrogen) atoms. The molecular weight excluding hydrogens is 412 g/mol. The van der Waals surface area contributed by atoms with E-state index in [0.29, 0.717) is 16.4 Å². The predicted molar refractivity (Wildman–Crippen MR) is 112 cm³/mol. The van der Waals surface area contributed by atoms with Gasteiger partial charge in [-0.3, -0.25) is 25.0 Å². The molecule has 1 N–H and O–H groups in total. The lowest BCUT2D eigenvalue weighted by Gasteiger charge is -2.09. The number of nitro benzene ring substituents is 1. The normalized spacial score (nSPS) is 10.6. The van der Waals surface area contributed by atoms with Crippen LogP contribution in [0.4, 0.5) is 10.8 Å². The van der Waals surface area contributed by atoms with Gasteiger partial charge in [0, 0.05) is 17.2 Å². The molecule has 1 heterocycles. The van der Waals surface area contributed by atoms with E-state index in [2.05, 4.69) is 15.5 Å². The fraction of sp³-hybridized carbons (Fsp3) is 0.158. The minimum absolute atomic E-state index is 0.138. The topological polar surface area (TPSA) is 115 Å². The monoisotopic (exact) mass is 428 g/mol. The van der Waals surface area contributed by atoms with Gasteiger partial charge in [0.05, 0.1) is 15.4 Å². The number of aromatic nitrogens is 2. The lowest BCUT2D eigenvalue weighted by molar-refractivity contribution is -0.387. The van der Waals surface area contributed by atoms with Gasteiger partial charge in [-0.15, -0.1) is 22.0 Å². The van der Waals surface area contributed by atoms with Crippen molar-refractivity contribution >= 4 is 45.6 Å². The third kappa shape index (κ3) is 4.49. The highest BCUT2D eigenvalue weighted by molar-refractivity contribution is 7.98. The number of amides is 1. The first-order valence-electron chi connectivity index (χ1n) is 8.54. The molecule has 10 heteroatoms. The molecule has 0 saturated carbocycles. The first-order valence-corrected chi connectivity index (χ1v) is 10.6. The number of thioether (sulfide) groups is 1. The van der Waals surface area contributed by atoms with Crippen LogP contribution in [-0.4, -0.2) is 33.1 Å². The molecule has 0 radical (unpaired) electrons. The Morgan fingerprint density at radius 3 is 2.52 bits per heavy atom. The van der Waals surface area contributed by atoms with Crippen LogP contribution in [0, 0.1) is 10.1 Å². The van der Waals surface area contributed by atoms with Crippen molar-refractivity contribution in [3.05, 3.63) is 74.3 Å². The minimum Gasteiger partial charge on any atom is -0.296 e. The summed E-state index contributed by atoms with van der Waals surface area (Å²) in [4.78, 5) is 37.0. The Morgan fingerprint density at radius 1 is 1.17 bits per heavy atom. The van der Waals surface area contributed by atoms with Gasteiger partial charge >= 0.3 is 0 Å². The van der Waals surface area contributed by atoms with E-state index in [9.17, 15) is 19.7 Å². The smallest absolute Gasteiger partial charge is 0.283 e. The van der Waals surface area contributed by atoms with Crippen molar-refractivity contribution in [1.82, 2.24) is 10.2 Å². The first kappa shape index (κ1) is 20.6. The Hall–Kier alpha value is -3.11. The van der Waals surface area contributed by atoms with Gasteiger partial charge in [0.1, 0.15) is 5.01 Å². The summed E-state index contributed by atoms with van der Waals surface area (Å²) < 4.78 is 0. The van der Waals surface area contributed by atoms with Crippen LogP contribution in [0.5, 0.6) is 0 Å². The van der Waals surface area contributed by atoms with E-state index in [-0.39, 0.29) is 22.4 Å². The van der Waals surface area contributed by atoms with Gasteiger partial charge in [-0.05, 0) is 30.9 Å². The Labute approximate surface area is 174 Å². The Morgan fingerprint density at radius 2 is 1.90 bits per heavy atom. The average molecular weight is 428 g/mol. The van der Waals surface area contributed by atoms with Crippen molar-refractivity contribution in [2.75, 3.05) is 11.6 Å². The Kier molecular flexibility index (Phi) is 6.35. The highest BCUT2D eigenvalue weighted by Gasteiger charge is 2.22. The number of nitrogens with one attached hydrogen (secondary N) is 1. The van der Waals surface area contributed by atoms with E-state index >= 15 is 0 Å². The summed E-state index contributed by atoms with van der Waals surface area (Å²) in [6.07, 6.45) is 2.42. The second kappa shape index (κ2) is 8.93. The average Bonchev–Trinajstić information content (AvgIpc) is 3.20. The molecule has 1 amide bonds. The number of aryl methyl sites for hydroxylation is 1. The molecule has 0 aliphatic heterocycles. The number of nitro groups is 1. The summed E-state index contributed by atoms with van der Waals surface area (Å²) in [6, 6.07) is 10.6. The van der Waals surface area contributed by atoms with E-state index in [1.807, 2.05) is 6.92 Å². The van der Waals surface area contributed by atoms with Crippen molar-refractivity contribution in [2.24, 2.45) is 0 Å². The molecule has 3 aromatic rings. The molecule has 3 rings (SSSR count). The van der Waals surface area contributed by atoms with Crippen LogP contribution >= 0.6 is 23.1 Å². The molecule has 8 nitrogen and oxygen atoms in total. The van der Waals surface area contributed by atoms with Gasteiger partial charge in [-0.25, -0.2) is 0 Å². The lowest BCUT2D eigenvalue weighted by atomic mass is 9.97. The summed E-state index contributed by atoms with van der Waals surface area (Å²) in [5, 5.41) is 22.9. The minimum atomic E-state index is -0.526. The zero-order valence-electron chi connectivity index (χ0n) is 15.5. The predicted octanol–water partition coefficient (Wildman–Crippen LogP) is 4.21. The molecule has 1 aromatic heterocycles. The highest BCUT2D eigenvalue weighted by atomic mass is 32.2. The number of carbonyl (C=O) groups excluding carboxylic acids is 2. The fourth-order valence-corrected chi connectivity index (χ4v) is 3.84. The van der Waals surface area contributed by atoms with Crippen LogP contribution in [0.25, 0.3) is 0 Å². The number of nitrogens with zero attached hydrogens (tertiary/aromatic N) is 3. The second-order valence-electron chi connectivity index (χ2n) is 5.83. The molecule has 0 aliphatic rings. The SMILES string of the molecule is CCc1nnc(NC(=O)c2ccccc2C(=O)c2ccc(SC)c([N+](=O)[O-])c2)s1. The summed E-state index contributed by atoms with van der Waals surface area (Å²) >= 11 is 2.48. The number of benzene rings is 2. The van der Waals surface area contributed by atoms with Gasteiger partial charge in [0.25, 0.3) is 11.6 Å². The van der Waals surface area contributed by atoms with Crippen molar-refractivity contribution in [1.29, 1.82) is 0 Å². The van der Waals surface area contributed by atoms with Gasteiger partial charge in [-0.1, -0.05) is 36.5 Å². The quantitative estimate of drug-likeness (QED) is 0.259. The molecule has 2 aromatic carbocycles. The maximum Gasteiger partial charge on any atom is 0.283 e. The van der Waals surface area contributed by atoms with E-state index in [4.69, 9.17) is 0 Å². The van der Waals surface area contributed by atoms with E-state index in [0.717, 1.165) is 5.01 Å². The van der Waals surface area contributed by atoms with Crippen molar-refractivity contribution in [3.8, 4) is 0 Å². The third-order valence-electron chi connectivity index (χ3n) is 4.04. The van der Waals surface area contributed by atoms with Crippen molar-refractivity contribution in [3.63, 3.8) is 0 Å². The van der Waals surface area contributed by atoms with Crippen LogP contribution in [0.2, 0.25) is 0 Å². The largest absolute Gasteiger partial charge is 0.296 e. The zero-order valence-corrected chi connectivity index (χ0v) is 17.2. The molecule has 0 fully saturated rings. The standard InChI is InChI=1S/C19H16N4O4S2/c1-3-16-21-22-19(29-16)20-18(25)13-7-5-4-6-12(13)17(24)11-8-9-15(28-2)14(10-11)23(26)27/h4-10H,3H2,1-2H3,(H,20,22,25). The number of carbonyl (C=O) groups is 2. The van der Waals surface area contributed by atoms with Gasteiger partial charge in [0.2, 0.25) is 5.13 Å². The first-order chi connectivity index (χ1) is 13.9. The molecular formula is C19H16N4O4S2. The molecule has 0 saturated heterocycles. The van der Waals surface area contributed by atoms with Gasteiger partial charge in [-0.2, -0.15) is 0 Å². The molecule has 148 valence electrons. The van der Waals surface area contributed by atoms with Crippen molar-refractivity contribution < 1.29 is 14.5 Å². The number of anilines is 1. The second-order valence-corrected chi connectivity index (χ2v) is 7.74. The summed E-state index contributed by atoms with van der Waals surface area (Å²) in [5.41, 5.74) is 0.295. The van der Waals surface area contributed by atoms with Crippen LogP contribution < -0.4 is 5.32 Å². The molecule has 0 unspecified atom stereocenters. The van der Waals surface area contributed by atoms with E-state index in [1.165, 1.54) is 53.4 Å². The van der Waals surface area contributed by atoms with Gasteiger partial charge in [0.15, 0.2) is 5.78 Å². The maximum atomic E-state index is 13.0. The highest BCUT2D eigenvalue weighted by Crippen LogP contribution is 2.29. The lowest BCUT2D eigenvalue weighted by Crippen LogP contribution is -2.17. The molecule has 0 bridgehead atoms. The van der Waals surface area contributed by atoms with E-state index in [1.54, 1.807) is 18.4 Å². The number of rotatable bonds is 7. The molecule has 0 atom stereocenters. The van der Waals surface area contributed by atoms with Crippen LogP contribution in [0.15, 0.2) is 47.4 Å². The van der Waals surface area contributed by atoms with Crippen molar-refractivity contribution in [2.45, 2.75) is 18.2 Å². The van der Waals surface area contributed by atoms with Gasteiger partial charge < -0.3 is 0 Å². The Balaban J connectivity index is 1.94. The molecule has 0 aliphatic carbocycles. The van der Waals surface area contributed by atoms with Crippen LogP contribution in [-0.2, 0) is 6.42 Å². The zero-order chi connectivity index (χ0) is 21.0. The van der Waals surface area contributed by atoms with Crippen LogP contribution in [0.3, 0.4) is 0 Å². The van der Waals surface area contributed by atoms with Crippen LogP contribution in [0.1, 0.15) is 38.2 Å². The Bertz CT molecular complexity index is 1100. The number of ketones is 1. The summed E-state index contributed by atoms with van der Waals surface area (Å²) in [6.45, 7) is 1.93. The molecule has 0 spiro atoms. The number of hydrogen-bond acceptors (Lipinski definition) is 8. The summed E-state index contributed by atoms with van der Waals surface area (Å²) in [5.74, 6) is -0.971. The number of hydrogen-bond donors (Lipinski definition) is 1. The maximum absolute atomic E-state index is 13.0.